The Balaban J connectivity index is 1.39. The lowest BCUT2D eigenvalue weighted by molar-refractivity contribution is -0.130. The van der Waals surface area contributed by atoms with Crippen LogP contribution in [0.2, 0.25) is 0 Å². The zero-order valence-corrected chi connectivity index (χ0v) is 15.3. The number of hydrogen-bond donors (Lipinski definition) is 1. The van der Waals surface area contributed by atoms with Crippen molar-refractivity contribution in [2.75, 3.05) is 31.1 Å². The molecule has 1 aliphatic heterocycles. The van der Waals surface area contributed by atoms with Crippen LogP contribution in [0.25, 0.3) is 11.1 Å². The molecule has 1 atom stereocenters. The second-order valence-electron chi connectivity index (χ2n) is 6.08. The number of thioether (sulfide) groups is 1. The van der Waals surface area contributed by atoms with Crippen LogP contribution in [-0.4, -0.2) is 62.4 Å². The molecule has 2 aromatic heterocycles. The first-order valence-corrected chi connectivity index (χ1v) is 9.54. The third-order valence-corrected chi connectivity index (χ3v) is 5.65. The van der Waals surface area contributed by atoms with Gasteiger partial charge in [-0.25, -0.2) is 10.1 Å². The van der Waals surface area contributed by atoms with E-state index in [2.05, 4.69) is 25.1 Å². The summed E-state index contributed by atoms with van der Waals surface area (Å²) < 4.78 is 5.76. The van der Waals surface area contributed by atoms with Gasteiger partial charge in [0.25, 0.3) is 5.22 Å². The molecule has 1 N–H and O–H groups in total. The molecule has 0 bridgehead atoms. The van der Waals surface area contributed by atoms with Gasteiger partial charge in [0.2, 0.25) is 11.9 Å². The van der Waals surface area contributed by atoms with Gasteiger partial charge in [-0.1, -0.05) is 30.8 Å². The molecule has 1 amide bonds. The van der Waals surface area contributed by atoms with E-state index < -0.39 is 0 Å². The van der Waals surface area contributed by atoms with E-state index in [1.54, 1.807) is 0 Å². The summed E-state index contributed by atoms with van der Waals surface area (Å²) >= 11 is 1.40. The van der Waals surface area contributed by atoms with Gasteiger partial charge < -0.3 is 14.2 Å². The summed E-state index contributed by atoms with van der Waals surface area (Å²) in [5.41, 5.74) is 1.57. The molecule has 0 spiro atoms. The maximum Gasteiger partial charge on any atom is 0.257 e. The van der Waals surface area contributed by atoms with Gasteiger partial charge in [0.05, 0.1) is 5.25 Å². The highest BCUT2D eigenvalue weighted by Crippen LogP contribution is 2.29. The number of oxazole rings is 1. The molecule has 3 heterocycles. The summed E-state index contributed by atoms with van der Waals surface area (Å²) in [4.78, 5) is 25.6. The molecular weight excluding hydrogens is 352 g/mol. The molecule has 26 heavy (non-hydrogen) atoms. The van der Waals surface area contributed by atoms with Gasteiger partial charge >= 0.3 is 0 Å². The van der Waals surface area contributed by atoms with Crippen LogP contribution < -0.4 is 4.90 Å². The van der Waals surface area contributed by atoms with Crippen molar-refractivity contribution in [3.63, 3.8) is 0 Å². The van der Waals surface area contributed by atoms with Gasteiger partial charge in [-0.05, 0) is 18.6 Å². The van der Waals surface area contributed by atoms with E-state index in [4.69, 9.17) is 4.42 Å². The largest absolute Gasteiger partial charge is 0.431 e. The quantitative estimate of drug-likeness (QED) is 0.686. The normalized spacial score (nSPS) is 16.2. The minimum Gasteiger partial charge on any atom is -0.431 e. The molecule has 3 aromatic rings. The maximum absolute atomic E-state index is 12.9. The van der Waals surface area contributed by atoms with Crippen molar-refractivity contribution >= 4 is 34.7 Å². The number of carbonyl (C=O) groups excluding carboxylic acids is 1. The number of para-hydroxylation sites is 2. The monoisotopic (exact) mass is 372 g/mol. The predicted octanol–water partition coefficient (Wildman–Crippen LogP) is 2.17. The van der Waals surface area contributed by atoms with Crippen LogP contribution in [0.4, 0.5) is 5.95 Å². The zero-order valence-electron chi connectivity index (χ0n) is 14.5. The second kappa shape index (κ2) is 7.36. The lowest BCUT2D eigenvalue weighted by atomic mass is 10.2. The third-order valence-electron chi connectivity index (χ3n) is 4.46. The second-order valence-corrected chi connectivity index (χ2v) is 7.24. The average Bonchev–Trinajstić information content (AvgIpc) is 3.35. The average molecular weight is 372 g/mol. The van der Waals surface area contributed by atoms with Gasteiger partial charge in [0.15, 0.2) is 5.58 Å². The molecule has 1 aliphatic rings. The van der Waals surface area contributed by atoms with E-state index in [9.17, 15) is 4.79 Å². The van der Waals surface area contributed by atoms with Crippen molar-refractivity contribution in [3.05, 3.63) is 30.6 Å². The van der Waals surface area contributed by atoms with E-state index in [0.717, 1.165) is 36.6 Å². The van der Waals surface area contributed by atoms with Crippen molar-refractivity contribution < 1.29 is 9.21 Å². The Kier molecular flexibility index (Phi) is 4.79. The van der Waals surface area contributed by atoms with Gasteiger partial charge in [-0.2, -0.15) is 10.1 Å². The number of aromatic amines is 1. The number of hydrogen-bond acceptors (Lipinski definition) is 7. The summed E-state index contributed by atoms with van der Waals surface area (Å²) in [7, 11) is 0. The first-order chi connectivity index (χ1) is 12.7. The molecule has 136 valence electrons. The number of rotatable bonds is 5. The Morgan fingerprint density at radius 3 is 2.81 bits per heavy atom. The van der Waals surface area contributed by atoms with Crippen molar-refractivity contribution in [3.8, 4) is 0 Å². The fraction of sp³-hybridized carbons (Fsp3) is 0.412. The molecule has 0 saturated carbocycles. The fourth-order valence-electron chi connectivity index (χ4n) is 3.03. The molecule has 1 saturated heterocycles. The van der Waals surface area contributed by atoms with Crippen LogP contribution >= 0.6 is 11.8 Å². The molecule has 9 heteroatoms. The van der Waals surface area contributed by atoms with Gasteiger partial charge in [-0.15, -0.1) is 0 Å². The van der Waals surface area contributed by atoms with Crippen molar-refractivity contribution in [1.29, 1.82) is 0 Å². The number of piperazine rings is 1. The van der Waals surface area contributed by atoms with E-state index >= 15 is 0 Å². The molecule has 4 rings (SSSR count). The number of fused-ring (bicyclic) bond motifs is 1. The highest BCUT2D eigenvalue weighted by Gasteiger charge is 2.29. The Hall–Kier alpha value is -2.55. The molecule has 1 aromatic carbocycles. The van der Waals surface area contributed by atoms with Crippen molar-refractivity contribution in [2.24, 2.45) is 0 Å². The topological polar surface area (TPSA) is 91.2 Å². The van der Waals surface area contributed by atoms with E-state index in [0.29, 0.717) is 18.3 Å². The Morgan fingerprint density at radius 2 is 2.12 bits per heavy atom. The SMILES string of the molecule is CC[C@H](Sc1nc2ccccc2o1)C(=O)N1CCN(c2ncn[nH]2)CC1. The molecule has 0 aliphatic carbocycles. The number of anilines is 1. The minimum absolute atomic E-state index is 0.136. The zero-order chi connectivity index (χ0) is 17.9. The number of amides is 1. The van der Waals surface area contributed by atoms with E-state index in [1.807, 2.05) is 36.1 Å². The standard InChI is InChI=1S/C17H20N6O2S/c1-2-14(26-17-20-12-5-3-4-6-13(12)25-17)15(24)22-7-9-23(10-8-22)16-18-11-19-21-16/h3-6,11,14H,2,7-10H2,1H3,(H,18,19,21)/t14-/m0/s1. The van der Waals surface area contributed by atoms with Gasteiger partial charge in [0, 0.05) is 26.2 Å². The number of nitrogens with one attached hydrogen (secondary N) is 1. The number of benzene rings is 1. The summed E-state index contributed by atoms with van der Waals surface area (Å²) in [6.45, 7) is 4.84. The number of nitrogens with zero attached hydrogens (tertiary/aromatic N) is 5. The minimum atomic E-state index is -0.195. The van der Waals surface area contributed by atoms with Crippen LogP contribution in [0.5, 0.6) is 0 Å². The van der Waals surface area contributed by atoms with Crippen molar-refractivity contribution in [1.82, 2.24) is 25.1 Å². The smallest absolute Gasteiger partial charge is 0.257 e. The van der Waals surface area contributed by atoms with Crippen LogP contribution in [-0.2, 0) is 4.79 Å². The predicted molar refractivity (Wildman–Crippen MR) is 99.1 cm³/mol. The highest BCUT2D eigenvalue weighted by atomic mass is 32.2. The molecule has 0 unspecified atom stereocenters. The fourth-order valence-corrected chi connectivity index (χ4v) is 3.97. The highest BCUT2D eigenvalue weighted by molar-refractivity contribution is 8.00. The van der Waals surface area contributed by atoms with Crippen LogP contribution in [0.1, 0.15) is 13.3 Å². The summed E-state index contributed by atoms with van der Waals surface area (Å²) in [6, 6.07) is 7.64. The van der Waals surface area contributed by atoms with E-state index in [1.165, 1.54) is 18.1 Å². The van der Waals surface area contributed by atoms with Crippen LogP contribution in [0, 0.1) is 0 Å². The van der Waals surface area contributed by atoms with Crippen LogP contribution in [0.15, 0.2) is 40.2 Å². The first-order valence-electron chi connectivity index (χ1n) is 8.66. The summed E-state index contributed by atoms with van der Waals surface area (Å²) in [6.07, 6.45) is 2.22. The Bertz CT molecular complexity index is 839. The lowest BCUT2D eigenvalue weighted by Crippen LogP contribution is -2.51. The third kappa shape index (κ3) is 3.39. The molecule has 0 radical (unpaired) electrons. The van der Waals surface area contributed by atoms with Crippen LogP contribution in [0.3, 0.4) is 0 Å². The molecule has 1 fully saturated rings. The summed E-state index contributed by atoms with van der Waals surface area (Å²) in [5, 5.41) is 7.10. The van der Waals surface area contributed by atoms with Gasteiger partial charge in [0.1, 0.15) is 11.8 Å². The molecular formula is C17H20N6O2S. The Morgan fingerprint density at radius 1 is 1.31 bits per heavy atom. The molecule has 8 nitrogen and oxygen atoms in total. The first kappa shape index (κ1) is 16.9. The van der Waals surface area contributed by atoms with Gasteiger partial charge in [-0.3, -0.25) is 4.79 Å². The lowest BCUT2D eigenvalue weighted by Gasteiger charge is -2.35. The Labute approximate surface area is 155 Å². The van der Waals surface area contributed by atoms with Crippen molar-refractivity contribution in [2.45, 2.75) is 23.8 Å². The number of H-pyrrole nitrogens is 1. The summed E-state index contributed by atoms with van der Waals surface area (Å²) in [5.74, 6) is 0.891. The number of aromatic nitrogens is 4. The maximum atomic E-state index is 12.9. The van der Waals surface area contributed by atoms with E-state index in [-0.39, 0.29) is 11.2 Å². The number of carbonyl (C=O) groups is 1.